The molecule has 0 heterocycles. The van der Waals surface area contributed by atoms with Crippen LogP contribution in [0.4, 0.5) is 0 Å². The van der Waals surface area contributed by atoms with Gasteiger partial charge in [0.25, 0.3) is 0 Å². The first-order valence-corrected chi connectivity index (χ1v) is 4.80. The normalized spacial score (nSPS) is 21.7. The summed E-state index contributed by atoms with van der Waals surface area (Å²) in [4.78, 5) is 0. The molecule has 1 aliphatic rings. The minimum absolute atomic E-state index is 0.939. The van der Waals surface area contributed by atoms with E-state index in [1.807, 2.05) is 0 Å². The molecular weight excluding hydrogens is 128 g/mol. The zero-order valence-electron chi connectivity index (χ0n) is 5.81. The van der Waals surface area contributed by atoms with Gasteiger partial charge in [0.2, 0.25) is 0 Å². The molecule has 0 atom stereocenters. The first-order chi connectivity index (χ1) is 4.43. The van der Waals surface area contributed by atoms with Crippen LogP contribution in [0.2, 0.25) is 0 Å². The molecule has 0 amide bonds. The summed E-state index contributed by atoms with van der Waals surface area (Å²) < 4.78 is 0. The molecule has 0 unspecified atom stereocenters. The lowest BCUT2D eigenvalue weighted by Crippen LogP contribution is -2.06. The van der Waals surface area contributed by atoms with Gasteiger partial charge < -0.3 is 0 Å². The topological polar surface area (TPSA) is 0 Å². The fourth-order valence-corrected chi connectivity index (χ4v) is 2.10. The minimum atomic E-state index is 0.939. The third kappa shape index (κ3) is 2.38. The summed E-state index contributed by atoms with van der Waals surface area (Å²) in [7, 11) is 0. The Bertz CT molecular complexity index is 106. The van der Waals surface area contributed by atoms with Crippen molar-refractivity contribution in [2.75, 3.05) is 5.75 Å². The van der Waals surface area contributed by atoms with Gasteiger partial charge in [-0.15, -0.1) is 16.9 Å². The molecule has 0 aliphatic heterocycles. The van der Waals surface area contributed by atoms with Crippen LogP contribution in [0.3, 0.4) is 0 Å². The van der Waals surface area contributed by atoms with Crippen LogP contribution in [0.5, 0.6) is 0 Å². The molecule has 9 heavy (non-hydrogen) atoms. The van der Waals surface area contributed by atoms with Gasteiger partial charge in [0.1, 0.15) is 0 Å². The maximum Gasteiger partial charge on any atom is 0.0204 e. The Balaban J connectivity index is 2.17. The van der Waals surface area contributed by atoms with E-state index < -0.39 is 0 Å². The van der Waals surface area contributed by atoms with Crippen molar-refractivity contribution in [1.82, 2.24) is 0 Å². The van der Waals surface area contributed by atoms with Crippen molar-refractivity contribution in [3.8, 4) is 5.69 Å². The predicted octanol–water partition coefficient (Wildman–Crippen LogP) is 2.89. The Morgan fingerprint density at radius 3 is 2.44 bits per heavy atom. The van der Waals surface area contributed by atoms with Gasteiger partial charge in [-0.05, 0) is 18.8 Å². The highest BCUT2D eigenvalue weighted by atomic mass is 32.1. The molecule has 0 saturated heterocycles. The van der Waals surface area contributed by atoms with Crippen LogP contribution in [-0.4, -0.2) is 5.75 Å². The Labute approximate surface area is 61.3 Å². The highest BCUT2D eigenvalue weighted by Gasteiger charge is 2.10. The molecular formula is C8H14S. The van der Waals surface area contributed by atoms with Crippen molar-refractivity contribution in [3.63, 3.8) is 0 Å². The molecule has 52 valence electrons. The van der Waals surface area contributed by atoms with Crippen molar-refractivity contribution in [2.45, 2.75) is 32.1 Å². The Hall–Kier alpha value is 0. The lowest BCUT2D eigenvalue weighted by atomic mass is 9.91. The summed E-state index contributed by atoms with van der Waals surface area (Å²) in [6.45, 7) is 0. The third-order valence-corrected chi connectivity index (χ3v) is 2.72. The lowest BCUT2D eigenvalue weighted by molar-refractivity contribution is 0.391. The van der Waals surface area contributed by atoms with Gasteiger partial charge >= 0.3 is 0 Å². The largest absolute Gasteiger partial charge is 0.138 e. The standard InChI is InChI=1S/C8H14S/c1-9-7-8-5-3-2-4-6-8/h1,8H,2-7H2. The predicted molar refractivity (Wildman–Crippen MR) is 44.0 cm³/mol. The second-order valence-electron chi connectivity index (χ2n) is 2.84. The second kappa shape index (κ2) is 3.92. The molecule has 0 spiro atoms. The Morgan fingerprint density at radius 1 is 1.22 bits per heavy atom. The van der Waals surface area contributed by atoms with Crippen LogP contribution < -0.4 is 0 Å². The Kier molecular flexibility index (Phi) is 3.10. The average Bonchev–Trinajstić information content (AvgIpc) is 1.91. The van der Waals surface area contributed by atoms with E-state index in [0.29, 0.717) is 0 Å². The molecule has 0 bridgehead atoms. The third-order valence-electron chi connectivity index (χ3n) is 2.06. The fraction of sp³-hybridized carbons (Fsp3) is 0.875. The molecule has 0 nitrogen and oxygen atoms in total. The van der Waals surface area contributed by atoms with Gasteiger partial charge in [-0.1, -0.05) is 19.3 Å². The van der Waals surface area contributed by atoms with Crippen LogP contribution >= 0.6 is 11.2 Å². The maximum absolute atomic E-state index is 5.38. The monoisotopic (exact) mass is 142 g/mol. The Morgan fingerprint density at radius 2 is 1.89 bits per heavy atom. The molecule has 0 N–H and O–H groups in total. The second-order valence-corrected chi connectivity index (χ2v) is 3.50. The van der Waals surface area contributed by atoms with Gasteiger partial charge in [0.05, 0.1) is 0 Å². The van der Waals surface area contributed by atoms with Gasteiger partial charge in [0.15, 0.2) is 0 Å². The molecule has 0 aromatic heterocycles. The van der Waals surface area contributed by atoms with Gasteiger partial charge in [-0.25, -0.2) is 0 Å². The van der Waals surface area contributed by atoms with Crippen LogP contribution in [-0.2, 0) is 0 Å². The number of rotatable bonds is 1. The van der Waals surface area contributed by atoms with Crippen molar-refractivity contribution in [2.24, 2.45) is 5.92 Å². The van der Waals surface area contributed by atoms with E-state index in [0.717, 1.165) is 5.92 Å². The summed E-state index contributed by atoms with van der Waals surface area (Å²) in [5, 5.41) is 0. The van der Waals surface area contributed by atoms with Crippen LogP contribution in [0.1, 0.15) is 32.1 Å². The first kappa shape index (κ1) is 7.11. The maximum atomic E-state index is 5.38. The summed E-state index contributed by atoms with van der Waals surface area (Å²) >= 11 is 1.51. The molecule has 0 radical (unpaired) electrons. The van der Waals surface area contributed by atoms with Crippen molar-refractivity contribution >= 4 is 11.2 Å². The molecule has 0 aromatic carbocycles. The molecule has 1 rings (SSSR count). The van der Waals surface area contributed by atoms with Gasteiger partial charge in [-0.2, -0.15) is 0 Å². The zero-order chi connectivity index (χ0) is 6.53. The van der Waals surface area contributed by atoms with Crippen molar-refractivity contribution in [1.29, 1.82) is 0 Å². The van der Waals surface area contributed by atoms with Crippen molar-refractivity contribution < 1.29 is 0 Å². The number of hydrogen-bond donors (Lipinski definition) is 0. The van der Waals surface area contributed by atoms with Crippen LogP contribution in [0, 0.1) is 11.6 Å². The number of hydrogen-bond acceptors (Lipinski definition) is 0. The summed E-state index contributed by atoms with van der Waals surface area (Å²) in [6.07, 6.45) is 7.16. The summed E-state index contributed by atoms with van der Waals surface area (Å²) in [5.74, 6) is 2.12. The van der Waals surface area contributed by atoms with Crippen LogP contribution in [0.25, 0.3) is 0 Å². The molecule has 1 aliphatic carbocycles. The lowest BCUT2D eigenvalue weighted by Gasteiger charge is -2.18. The molecule has 1 saturated carbocycles. The SMILES string of the molecule is C#SCC1CCCCC1. The zero-order valence-corrected chi connectivity index (χ0v) is 6.62. The van der Waals surface area contributed by atoms with Gasteiger partial charge in [-0.3, -0.25) is 0 Å². The average molecular weight is 142 g/mol. The highest BCUT2D eigenvalue weighted by Crippen LogP contribution is 2.24. The van der Waals surface area contributed by atoms with Crippen molar-refractivity contribution in [3.05, 3.63) is 0 Å². The smallest absolute Gasteiger partial charge is 0.0204 e. The molecule has 1 heteroatoms. The van der Waals surface area contributed by atoms with E-state index in [9.17, 15) is 0 Å². The van der Waals surface area contributed by atoms with Crippen LogP contribution in [0.15, 0.2) is 0 Å². The van der Waals surface area contributed by atoms with E-state index in [-0.39, 0.29) is 0 Å². The van der Waals surface area contributed by atoms with E-state index in [1.54, 1.807) is 0 Å². The molecule has 1 fully saturated rings. The van der Waals surface area contributed by atoms with E-state index >= 15 is 0 Å². The summed E-state index contributed by atoms with van der Waals surface area (Å²) in [5.41, 5.74) is 5.38. The van der Waals surface area contributed by atoms with E-state index in [1.165, 1.54) is 49.0 Å². The minimum Gasteiger partial charge on any atom is -0.138 e. The summed E-state index contributed by atoms with van der Waals surface area (Å²) in [6, 6.07) is 0. The first-order valence-electron chi connectivity index (χ1n) is 3.75. The highest BCUT2D eigenvalue weighted by molar-refractivity contribution is 7.88. The fourth-order valence-electron chi connectivity index (χ4n) is 1.49. The quantitative estimate of drug-likeness (QED) is 0.528. The van der Waals surface area contributed by atoms with E-state index in [4.69, 9.17) is 5.69 Å². The molecule has 0 aromatic rings. The van der Waals surface area contributed by atoms with Gasteiger partial charge in [0, 0.05) is 5.75 Å². The van der Waals surface area contributed by atoms with E-state index in [2.05, 4.69) is 0 Å².